The van der Waals surface area contributed by atoms with Crippen LogP contribution in [0.4, 0.5) is 8.78 Å². The van der Waals surface area contributed by atoms with Crippen molar-refractivity contribution >= 4 is 17.2 Å². The maximum absolute atomic E-state index is 13.7. The number of aromatic nitrogens is 1. The van der Waals surface area contributed by atoms with E-state index in [4.69, 9.17) is 4.74 Å². The monoisotopic (exact) mass is 399 g/mol. The van der Waals surface area contributed by atoms with E-state index >= 15 is 0 Å². The minimum atomic E-state index is -2.64. The number of likely N-dealkylation sites (tertiary alicyclic amines) is 2. The van der Waals surface area contributed by atoms with Crippen LogP contribution in [-0.4, -0.2) is 66.0 Å². The molecule has 0 radical (unpaired) electrons. The molecule has 1 spiro atoms. The average molecular weight is 400 g/mol. The van der Waals surface area contributed by atoms with E-state index in [9.17, 15) is 13.6 Å². The van der Waals surface area contributed by atoms with E-state index in [1.54, 1.807) is 22.4 Å². The molecule has 1 aromatic rings. The highest BCUT2D eigenvalue weighted by atomic mass is 32.1. The van der Waals surface area contributed by atoms with Crippen molar-refractivity contribution < 1.29 is 18.3 Å². The Balaban J connectivity index is 1.50. The summed E-state index contributed by atoms with van der Waals surface area (Å²) in [7, 11) is 0. The van der Waals surface area contributed by atoms with E-state index in [0.29, 0.717) is 32.7 Å². The molecule has 0 N–H and O–H groups in total. The van der Waals surface area contributed by atoms with Crippen LogP contribution in [0.3, 0.4) is 0 Å². The largest absolute Gasteiger partial charge is 0.381 e. The topological polar surface area (TPSA) is 45.7 Å². The number of hydrogen-bond acceptors (Lipinski definition) is 5. The summed E-state index contributed by atoms with van der Waals surface area (Å²) < 4.78 is 33.0. The van der Waals surface area contributed by atoms with Gasteiger partial charge in [0.15, 0.2) is 0 Å². The first-order valence-corrected chi connectivity index (χ1v) is 10.7. The van der Waals surface area contributed by atoms with E-state index in [0.717, 1.165) is 30.9 Å². The maximum atomic E-state index is 13.7. The number of rotatable bonds is 3. The van der Waals surface area contributed by atoms with Crippen LogP contribution in [0.5, 0.6) is 0 Å². The molecule has 1 unspecified atom stereocenters. The third kappa shape index (κ3) is 4.17. The predicted octanol–water partition coefficient (Wildman–Crippen LogP) is 3.02. The molecule has 3 aliphatic rings. The average Bonchev–Trinajstić information content (AvgIpc) is 3.22. The molecule has 0 aromatic carbocycles. The van der Waals surface area contributed by atoms with Crippen molar-refractivity contribution in [3.8, 4) is 0 Å². The van der Waals surface area contributed by atoms with Gasteiger partial charge in [-0.25, -0.2) is 13.8 Å². The molecule has 3 saturated heterocycles. The molecule has 8 heteroatoms. The number of nitrogens with zero attached hydrogens (tertiary/aromatic N) is 3. The molecule has 3 fully saturated rings. The molecule has 4 heterocycles. The summed E-state index contributed by atoms with van der Waals surface area (Å²) >= 11 is 1.63. The Hall–Kier alpha value is -1.12. The van der Waals surface area contributed by atoms with Crippen molar-refractivity contribution in [3.63, 3.8) is 0 Å². The SMILES string of the molecule is O=C(C1CN(Cc2nccs2)CC12CCOCC2)N1CCCC(F)(F)CC1. The van der Waals surface area contributed by atoms with Gasteiger partial charge in [0.05, 0.1) is 12.5 Å². The molecule has 4 rings (SSSR count). The fourth-order valence-corrected chi connectivity index (χ4v) is 5.50. The van der Waals surface area contributed by atoms with Gasteiger partial charge >= 0.3 is 0 Å². The second-order valence-electron chi connectivity index (χ2n) is 8.16. The normalized spacial score (nSPS) is 28.4. The highest BCUT2D eigenvalue weighted by Crippen LogP contribution is 2.46. The second-order valence-corrected chi connectivity index (χ2v) is 9.14. The molecule has 150 valence electrons. The number of halogens is 2. The van der Waals surface area contributed by atoms with E-state index in [2.05, 4.69) is 9.88 Å². The fourth-order valence-electron chi connectivity index (χ4n) is 4.84. The number of hydrogen-bond donors (Lipinski definition) is 0. The van der Waals surface area contributed by atoms with Crippen LogP contribution in [0, 0.1) is 11.3 Å². The number of alkyl halides is 2. The van der Waals surface area contributed by atoms with Crippen LogP contribution in [0.1, 0.15) is 37.1 Å². The zero-order chi connectivity index (χ0) is 18.9. The van der Waals surface area contributed by atoms with Crippen molar-refractivity contribution in [1.82, 2.24) is 14.8 Å². The van der Waals surface area contributed by atoms with Gasteiger partial charge in [0.2, 0.25) is 11.8 Å². The van der Waals surface area contributed by atoms with E-state index in [1.807, 2.05) is 5.38 Å². The molecule has 1 aromatic heterocycles. The minimum absolute atomic E-state index is 0.0660. The first-order chi connectivity index (χ1) is 13.0. The van der Waals surface area contributed by atoms with Gasteiger partial charge in [0.25, 0.3) is 0 Å². The van der Waals surface area contributed by atoms with Gasteiger partial charge in [-0.1, -0.05) is 0 Å². The molecule has 1 amide bonds. The van der Waals surface area contributed by atoms with Gasteiger partial charge in [-0.05, 0) is 19.3 Å². The summed E-state index contributed by atoms with van der Waals surface area (Å²) in [5.74, 6) is -2.71. The van der Waals surface area contributed by atoms with Crippen molar-refractivity contribution in [2.24, 2.45) is 11.3 Å². The van der Waals surface area contributed by atoms with Crippen molar-refractivity contribution in [2.45, 2.75) is 44.6 Å². The Morgan fingerprint density at radius 2 is 2.07 bits per heavy atom. The smallest absolute Gasteiger partial charge is 0.249 e. The van der Waals surface area contributed by atoms with Crippen LogP contribution in [0.15, 0.2) is 11.6 Å². The molecule has 1 atom stereocenters. The number of thiazole rings is 1. The highest BCUT2D eigenvalue weighted by Gasteiger charge is 2.51. The van der Waals surface area contributed by atoms with Gasteiger partial charge < -0.3 is 9.64 Å². The molecule has 0 aliphatic carbocycles. The Labute approximate surface area is 162 Å². The van der Waals surface area contributed by atoms with Crippen molar-refractivity contribution in [2.75, 3.05) is 39.4 Å². The Bertz CT molecular complexity index is 649. The lowest BCUT2D eigenvalue weighted by molar-refractivity contribution is -0.140. The first kappa shape index (κ1) is 19.2. The zero-order valence-electron chi connectivity index (χ0n) is 15.5. The third-order valence-corrected chi connectivity index (χ3v) is 7.14. The zero-order valence-corrected chi connectivity index (χ0v) is 16.4. The molecule has 3 aliphatic heterocycles. The summed E-state index contributed by atoms with van der Waals surface area (Å²) in [6, 6.07) is 0. The molecular weight excluding hydrogens is 372 g/mol. The van der Waals surface area contributed by atoms with Crippen molar-refractivity contribution in [3.05, 3.63) is 16.6 Å². The Morgan fingerprint density at radius 3 is 2.81 bits per heavy atom. The van der Waals surface area contributed by atoms with Crippen LogP contribution in [0.2, 0.25) is 0 Å². The standard InChI is InChI=1S/C19H27F2N3O2S/c20-19(21)2-1-7-24(8-3-19)17(25)15-12-23(13-16-22-6-11-27-16)14-18(15)4-9-26-10-5-18/h6,11,15H,1-5,7-10,12-14H2. The summed E-state index contributed by atoms with van der Waals surface area (Å²) in [6.07, 6.45) is 3.58. The van der Waals surface area contributed by atoms with Gasteiger partial charge in [-0.2, -0.15) is 0 Å². The lowest BCUT2D eigenvalue weighted by Crippen LogP contribution is -2.46. The van der Waals surface area contributed by atoms with Crippen LogP contribution < -0.4 is 0 Å². The van der Waals surface area contributed by atoms with Gasteiger partial charge in [-0.3, -0.25) is 9.69 Å². The van der Waals surface area contributed by atoms with Crippen LogP contribution >= 0.6 is 11.3 Å². The predicted molar refractivity (Wildman–Crippen MR) is 98.7 cm³/mol. The molecule has 27 heavy (non-hydrogen) atoms. The minimum Gasteiger partial charge on any atom is -0.381 e. The number of amides is 1. The highest BCUT2D eigenvalue weighted by molar-refractivity contribution is 7.09. The lowest BCUT2D eigenvalue weighted by Gasteiger charge is -2.39. The number of ether oxygens (including phenoxy) is 1. The Morgan fingerprint density at radius 1 is 1.26 bits per heavy atom. The van der Waals surface area contributed by atoms with Crippen LogP contribution in [0.25, 0.3) is 0 Å². The number of carbonyl (C=O) groups excluding carboxylic acids is 1. The summed E-state index contributed by atoms with van der Waals surface area (Å²) in [5, 5.41) is 3.02. The number of carbonyl (C=O) groups is 1. The third-order valence-electron chi connectivity index (χ3n) is 6.38. The molecule has 0 saturated carbocycles. The lowest BCUT2D eigenvalue weighted by atomic mass is 9.71. The maximum Gasteiger partial charge on any atom is 0.249 e. The van der Waals surface area contributed by atoms with Crippen LogP contribution in [-0.2, 0) is 16.1 Å². The van der Waals surface area contributed by atoms with Crippen molar-refractivity contribution in [1.29, 1.82) is 0 Å². The Kier molecular flexibility index (Phi) is 5.49. The quantitative estimate of drug-likeness (QED) is 0.784. The van der Waals surface area contributed by atoms with E-state index in [-0.39, 0.29) is 36.6 Å². The van der Waals surface area contributed by atoms with Gasteiger partial charge in [-0.15, -0.1) is 11.3 Å². The van der Waals surface area contributed by atoms with Gasteiger partial charge in [0, 0.05) is 69.2 Å². The molecule has 0 bridgehead atoms. The van der Waals surface area contributed by atoms with E-state index < -0.39 is 5.92 Å². The van der Waals surface area contributed by atoms with Gasteiger partial charge in [0.1, 0.15) is 5.01 Å². The summed E-state index contributed by atoms with van der Waals surface area (Å²) in [4.78, 5) is 21.8. The summed E-state index contributed by atoms with van der Waals surface area (Å²) in [6.45, 7) is 4.26. The van der Waals surface area contributed by atoms with E-state index in [1.165, 1.54) is 0 Å². The first-order valence-electron chi connectivity index (χ1n) is 9.83. The fraction of sp³-hybridized carbons (Fsp3) is 0.789. The molecular formula is C19H27F2N3O2S. The summed E-state index contributed by atoms with van der Waals surface area (Å²) in [5.41, 5.74) is -0.0958. The second kappa shape index (κ2) is 7.72. The molecule has 5 nitrogen and oxygen atoms in total.